The lowest BCUT2D eigenvalue weighted by Gasteiger charge is -2.39. The molecule has 3 atom stereocenters. The van der Waals surface area contributed by atoms with Crippen LogP contribution in [-0.4, -0.2) is 18.2 Å². The van der Waals surface area contributed by atoms with Gasteiger partial charge in [-0.05, 0) is 55.5 Å². The van der Waals surface area contributed by atoms with E-state index in [-0.39, 0.29) is 5.60 Å². The molecule has 3 unspecified atom stereocenters. The van der Waals surface area contributed by atoms with Gasteiger partial charge in [-0.2, -0.15) is 11.3 Å². The summed E-state index contributed by atoms with van der Waals surface area (Å²) in [6, 6.07) is 3.25. The van der Waals surface area contributed by atoms with Gasteiger partial charge < -0.3 is 10.1 Å². The number of hydrogen-bond donors (Lipinski definition) is 1. The molecule has 1 aromatic heterocycles. The normalized spacial score (nSPS) is 31.4. The van der Waals surface area contributed by atoms with Crippen LogP contribution in [-0.2, 0) is 4.74 Å². The van der Waals surface area contributed by atoms with Crippen molar-refractivity contribution in [1.82, 2.24) is 5.32 Å². The molecule has 0 saturated carbocycles. The Balaban J connectivity index is 1.91. The van der Waals surface area contributed by atoms with E-state index in [1.165, 1.54) is 5.56 Å². The van der Waals surface area contributed by atoms with E-state index < -0.39 is 0 Å². The maximum atomic E-state index is 5.88. The Bertz CT molecular complexity index is 338. The van der Waals surface area contributed by atoms with Gasteiger partial charge in [0.05, 0.1) is 5.60 Å². The van der Waals surface area contributed by atoms with Crippen molar-refractivity contribution in [2.75, 3.05) is 6.61 Å². The molecule has 0 aromatic carbocycles. The fourth-order valence-electron chi connectivity index (χ4n) is 2.49. The zero-order valence-corrected chi connectivity index (χ0v) is 11.8. The van der Waals surface area contributed by atoms with Gasteiger partial charge in [0, 0.05) is 18.7 Å². The average molecular weight is 253 g/mol. The lowest BCUT2D eigenvalue weighted by atomic mass is 9.89. The lowest BCUT2D eigenvalue weighted by molar-refractivity contribution is -0.0789. The molecule has 1 fully saturated rings. The maximum Gasteiger partial charge on any atom is 0.0666 e. The van der Waals surface area contributed by atoms with Crippen molar-refractivity contribution >= 4 is 11.3 Å². The van der Waals surface area contributed by atoms with Crippen LogP contribution in [0.3, 0.4) is 0 Å². The summed E-state index contributed by atoms with van der Waals surface area (Å²) in [6.45, 7) is 7.58. The second-order valence-corrected chi connectivity index (χ2v) is 6.07. The molecule has 2 rings (SSSR count). The topological polar surface area (TPSA) is 21.3 Å². The third kappa shape index (κ3) is 3.30. The van der Waals surface area contributed by atoms with Gasteiger partial charge in [0.25, 0.3) is 0 Å². The van der Waals surface area contributed by atoms with Crippen LogP contribution in [0.1, 0.15) is 51.6 Å². The van der Waals surface area contributed by atoms with Crippen LogP contribution >= 0.6 is 11.3 Å². The molecule has 3 heteroatoms. The van der Waals surface area contributed by atoms with Crippen LogP contribution in [0.4, 0.5) is 0 Å². The van der Waals surface area contributed by atoms with Crippen molar-refractivity contribution in [3.8, 4) is 0 Å². The second kappa shape index (κ2) is 5.51. The predicted octanol–water partition coefficient (Wildman–Crippen LogP) is 3.75. The molecule has 17 heavy (non-hydrogen) atoms. The van der Waals surface area contributed by atoms with Crippen molar-refractivity contribution < 1.29 is 4.74 Å². The van der Waals surface area contributed by atoms with Crippen LogP contribution in [0.25, 0.3) is 0 Å². The van der Waals surface area contributed by atoms with Crippen molar-refractivity contribution in [3.63, 3.8) is 0 Å². The summed E-state index contributed by atoms with van der Waals surface area (Å²) in [5.74, 6) is 0. The molecular formula is C14H23NOS. The fourth-order valence-corrected chi connectivity index (χ4v) is 3.24. The van der Waals surface area contributed by atoms with Gasteiger partial charge in [-0.15, -0.1) is 0 Å². The van der Waals surface area contributed by atoms with E-state index in [0.717, 1.165) is 25.9 Å². The Morgan fingerprint density at radius 1 is 1.65 bits per heavy atom. The Hall–Kier alpha value is -0.380. The molecule has 0 spiro atoms. The van der Waals surface area contributed by atoms with E-state index in [4.69, 9.17) is 4.74 Å². The SMILES string of the molecule is CCC1(C)CC(NC(C)c2ccsc2)CCO1. The quantitative estimate of drug-likeness (QED) is 0.882. The van der Waals surface area contributed by atoms with Crippen LogP contribution in [0.2, 0.25) is 0 Å². The third-order valence-corrected chi connectivity index (χ3v) is 4.57. The molecule has 0 aliphatic carbocycles. The predicted molar refractivity (Wildman–Crippen MR) is 73.5 cm³/mol. The molecule has 1 aliphatic rings. The van der Waals surface area contributed by atoms with Crippen molar-refractivity contribution in [2.45, 2.75) is 57.7 Å². The Labute approximate surface area is 108 Å². The monoisotopic (exact) mass is 253 g/mol. The summed E-state index contributed by atoms with van der Waals surface area (Å²) in [4.78, 5) is 0. The zero-order chi connectivity index (χ0) is 12.3. The van der Waals surface area contributed by atoms with Crippen molar-refractivity contribution in [1.29, 1.82) is 0 Å². The molecule has 1 saturated heterocycles. The number of nitrogens with one attached hydrogen (secondary N) is 1. The molecule has 96 valence electrons. The number of ether oxygens (including phenoxy) is 1. The van der Waals surface area contributed by atoms with E-state index in [9.17, 15) is 0 Å². The van der Waals surface area contributed by atoms with E-state index in [1.54, 1.807) is 11.3 Å². The largest absolute Gasteiger partial charge is 0.375 e. The van der Waals surface area contributed by atoms with Crippen molar-refractivity contribution in [2.24, 2.45) is 0 Å². The summed E-state index contributed by atoms with van der Waals surface area (Å²) in [6.07, 6.45) is 3.35. The third-order valence-electron chi connectivity index (χ3n) is 3.87. The molecular weight excluding hydrogens is 230 g/mol. The highest BCUT2D eigenvalue weighted by atomic mass is 32.1. The van der Waals surface area contributed by atoms with Gasteiger partial charge >= 0.3 is 0 Å². The van der Waals surface area contributed by atoms with Gasteiger partial charge in [-0.25, -0.2) is 0 Å². The first-order valence-corrected chi connectivity index (χ1v) is 7.49. The minimum Gasteiger partial charge on any atom is -0.375 e. The summed E-state index contributed by atoms with van der Waals surface area (Å²) < 4.78 is 5.88. The molecule has 2 nitrogen and oxygen atoms in total. The van der Waals surface area contributed by atoms with Gasteiger partial charge in [0.1, 0.15) is 0 Å². The van der Waals surface area contributed by atoms with Gasteiger partial charge in [-0.1, -0.05) is 6.92 Å². The minimum atomic E-state index is 0.0737. The Kier molecular flexibility index (Phi) is 4.23. The summed E-state index contributed by atoms with van der Waals surface area (Å²) >= 11 is 1.77. The first kappa shape index (κ1) is 13.1. The first-order chi connectivity index (χ1) is 8.13. The second-order valence-electron chi connectivity index (χ2n) is 5.29. The molecule has 2 heterocycles. The maximum absolute atomic E-state index is 5.88. The van der Waals surface area contributed by atoms with Crippen LogP contribution < -0.4 is 5.32 Å². The number of rotatable bonds is 4. The smallest absolute Gasteiger partial charge is 0.0666 e. The zero-order valence-electron chi connectivity index (χ0n) is 11.0. The highest BCUT2D eigenvalue weighted by Gasteiger charge is 2.32. The summed E-state index contributed by atoms with van der Waals surface area (Å²) in [7, 11) is 0. The summed E-state index contributed by atoms with van der Waals surface area (Å²) in [5, 5.41) is 8.12. The highest BCUT2D eigenvalue weighted by molar-refractivity contribution is 7.07. The minimum absolute atomic E-state index is 0.0737. The van der Waals surface area contributed by atoms with Gasteiger partial charge in [0.2, 0.25) is 0 Å². The molecule has 0 radical (unpaired) electrons. The highest BCUT2D eigenvalue weighted by Crippen LogP contribution is 2.29. The molecule has 1 N–H and O–H groups in total. The van der Waals surface area contributed by atoms with E-state index in [0.29, 0.717) is 12.1 Å². The van der Waals surface area contributed by atoms with Crippen LogP contribution in [0.5, 0.6) is 0 Å². The van der Waals surface area contributed by atoms with Crippen LogP contribution in [0.15, 0.2) is 16.8 Å². The lowest BCUT2D eigenvalue weighted by Crippen LogP contribution is -2.45. The first-order valence-electron chi connectivity index (χ1n) is 6.55. The van der Waals surface area contributed by atoms with Crippen molar-refractivity contribution in [3.05, 3.63) is 22.4 Å². The Morgan fingerprint density at radius 3 is 3.12 bits per heavy atom. The van der Waals surface area contributed by atoms with Gasteiger partial charge in [-0.3, -0.25) is 0 Å². The van der Waals surface area contributed by atoms with Crippen LogP contribution in [0, 0.1) is 0 Å². The van der Waals surface area contributed by atoms with Gasteiger partial charge in [0.15, 0.2) is 0 Å². The Morgan fingerprint density at radius 2 is 2.47 bits per heavy atom. The molecule has 0 amide bonds. The van der Waals surface area contributed by atoms with E-state index in [2.05, 4.69) is 42.9 Å². The molecule has 1 aliphatic heterocycles. The molecule has 0 bridgehead atoms. The standard InChI is InChI=1S/C14H23NOS/c1-4-14(3)9-13(5-7-16-14)15-11(2)12-6-8-17-10-12/h6,8,10-11,13,15H,4-5,7,9H2,1-3H3. The fraction of sp³-hybridized carbons (Fsp3) is 0.714. The number of thiophene rings is 1. The molecule has 1 aromatic rings. The average Bonchev–Trinajstić information content (AvgIpc) is 2.82. The van der Waals surface area contributed by atoms with E-state index in [1.807, 2.05) is 0 Å². The summed E-state index contributed by atoms with van der Waals surface area (Å²) in [5.41, 5.74) is 1.48. The van der Waals surface area contributed by atoms with E-state index >= 15 is 0 Å². The number of hydrogen-bond acceptors (Lipinski definition) is 3.